The van der Waals surface area contributed by atoms with E-state index in [0.29, 0.717) is 0 Å². The molecule has 12 aromatic rings. The Hall–Kier alpha value is -9.96. The monoisotopic (exact) mass is 959 g/mol. The van der Waals surface area contributed by atoms with E-state index in [1.165, 1.54) is 21.5 Å². The fourth-order valence-electron chi connectivity index (χ4n) is 10.2. The van der Waals surface area contributed by atoms with Crippen LogP contribution in [0.3, 0.4) is 0 Å². The fourth-order valence-corrected chi connectivity index (χ4v) is 10.2. The lowest BCUT2D eigenvalue weighted by Crippen LogP contribution is -2.10. The molecule has 0 aliphatic heterocycles. The first-order valence-corrected chi connectivity index (χ1v) is 25.6. The molecule has 0 saturated heterocycles. The lowest BCUT2D eigenvalue weighted by molar-refractivity contribution is 1.29. The highest BCUT2D eigenvalue weighted by Crippen LogP contribution is 2.43. The molecule has 12 aromatic carbocycles. The maximum atomic E-state index is 2.36. The Morgan fingerprint density at radius 3 is 0.747 bits per heavy atom. The second-order valence-electron chi connectivity index (χ2n) is 18.6. The van der Waals surface area contributed by atoms with Crippen molar-refractivity contribution in [2.24, 2.45) is 0 Å². The van der Waals surface area contributed by atoms with Crippen LogP contribution in [0.5, 0.6) is 0 Å². The van der Waals surface area contributed by atoms with Crippen LogP contribution in [0.4, 0.5) is 51.2 Å². The second kappa shape index (κ2) is 21.4. The van der Waals surface area contributed by atoms with Crippen LogP contribution in [-0.2, 0) is 0 Å². The number of fused-ring (bicyclic) bond motifs is 2. The summed E-state index contributed by atoms with van der Waals surface area (Å²) < 4.78 is 0. The third-order valence-corrected chi connectivity index (χ3v) is 13.8. The van der Waals surface area contributed by atoms with E-state index in [1.54, 1.807) is 0 Å². The topological polar surface area (TPSA) is 9.72 Å². The van der Waals surface area contributed by atoms with E-state index in [-0.39, 0.29) is 0 Å². The van der Waals surface area contributed by atoms with Gasteiger partial charge in [0.25, 0.3) is 0 Å². The highest BCUT2D eigenvalue weighted by atomic mass is 15.2. The van der Waals surface area contributed by atoms with Crippen LogP contribution in [0.1, 0.15) is 0 Å². The molecule has 0 aromatic heterocycles. The number of nitrogens with zero attached hydrogens (tertiary/aromatic N) is 3. The van der Waals surface area contributed by atoms with Gasteiger partial charge in [-0.15, -0.1) is 0 Å². The van der Waals surface area contributed by atoms with Gasteiger partial charge in [0.1, 0.15) is 0 Å². The molecule has 356 valence electrons. The molecule has 0 unspecified atom stereocenters. The molecule has 0 spiro atoms. The van der Waals surface area contributed by atoms with E-state index >= 15 is 0 Å². The summed E-state index contributed by atoms with van der Waals surface area (Å²) in [4.78, 5) is 7.03. The predicted octanol–water partition coefficient (Wildman–Crippen LogP) is 20.5. The summed E-state index contributed by atoms with van der Waals surface area (Å²) in [6.07, 6.45) is 0. The second-order valence-corrected chi connectivity index (χ2v) is 18.6. The molecule has 0 heterocycles. The standard InChI is InChI=1S/C72H53N3/c1-2-4-9-27-62(28-10-5-3-1)73(63-29-11-6-12-30-63)66-45-39-54(40-46-66)59-51-60(55-41-47-67(48-42-55)74(64-31-13-7-14-32-64)71-37-21-25-57-23-17-19-35-69(57)71)53-61(52-59)56-43-49-68(50-44-56)75(65-33-15-8-16-34-65)72-38-22-26-58-24-18-20-36-70(58)72/h1-53H. The van der Waals surface area contributed by atoms with Crippen molar-refractivity contribution in [3.05, 3.63) is 322 Å². The minimum absolute atomic E-state index is 1.05. The molecule has 0 bridgehead atoms. The lowest BCUT2D eigenvalue weighted by Gasteiger charge is -2.27. The Kier molecular flexibility index (Phi) is 13.2. The van der Waals surface area contributed by atoms with Crippen LogP contribution in [0, 0.1) is 0 Å². The number of hydrogen-bond acceptors (Lipinski definition) is 3. The van der Waals surface area contributed by atoms with Crippen molar-refractivity contribution in [3.8, 4) is 33.4 Å². The molecule has 0 fully saturated rings. The summed E-state index contributed by atoms with van der Waals surface area (Å²) in [7, 11) is 0. The first-order chi connectivity index (χ1) is 37.2. The number of para-hydroxylation sites is 3. The van der Waals surface area contributed by atoms with Crippen LogP contribution < -0.4 is 14.7 Å². The van der Waals surface area contributed by atoms with Gasteiger partial charge in [-0.2, -0.15) is 0 Å². The van der Waals surface area contributed by atoms with E-state index < -0.39 is 0 Å². The number of anilines is 9. The molecule has 75 heavy (non-hydrogen) atoms. The van der Waals surface area contributed by atoms with Gasteiger partial charge in [-0.05, 0) is 159 Å². The van der Waals surface area contributed by atoms with Gasteiger partial charge in [0.05, 0.1) is 11.4 Å². The predicted molar refractivity (Wildman–Crippen MR) is 319 cm³/mol. The fraction of sp³-hybridized carbons (Fsp3) is 0. The first-order valence-electron chi connectivity index (χ1n) is 25.6. The Balaban J connectivity index is 0.965. The summed E-state index contributed by atoms with van der Waals surface area (Å²) in [6.45, 7) is 0. The molecule has 0 amide bonds. The van der Waals surface area contributed by atoms with Gasteiger partial charge >= 0.3 is 0 Å². The smallest absolute Gasteiger partial charge is 0.0540 e. The van der Waals surface area contributed by atoms with Crippen LogP contribution in [-0.4, -0.2) is 0 Å². The summed E-state index contributed by atoms with van der Waals surface area (Å²) >= 11 is 0. The largest absolute Gasteiger partial charge is 0.311 e. The highest BCUT2D eigenvalue weighted by Gasteiger charge is 2.19. The van der Waals surface area contributed by atoms with Crippen molar-refractivity contribution < 1.29 is 0 Å². The zero-order valence-corrected chi connectivity index (χ0v) is 41.4. The number of benzene rings is 11. The van der Waals surface area contributed by atoms with Crippen molar-refractivity contribution in [3.63, 3.8) is 0 Å². The molecule has 12 rings (SSSR count). The molecule has 0 atom stereocenters. The highest BCUT2D eigenvalue weighted by molar-refractivity contribution is 6.00. The van der Waals surface area contributed by atoms with Crippen molar-refractivity contribution in [1.29, 1.82) is 0 Å². The van der Waals surface area contributed by atoms with E-state index in [9.17, 15) is 0 Å². The molecule has 0 aliphatic carbocycles. The quantitative estimate of drug-likeness (QED) is 0.121. The molecular weight excluding hydrogens is 907 g/mol. The summed E-state index contributed by atoms with van der Waals surface area (Å²) in [5.74, 6) is 0. The molecule has 3 nitrogen and oxygen atoms in total. The SMILES string of the molecule is c1ccccc(N(c2ccccc2)c2ccc(-c3cc(-c4ccc(N(c5ccccc5)c5cccc6ccccc56)cc4)cc(-c4ccc(N(c5ccccc5)c5cccc6ccccc56)cc4)c3)cc2)cccc1. The first kappa shape index (κ1) is 46.1. The van der Waals surface area contributed by atoms with E-state index in [4.69, 9.17) is 0 Å². The third kappa shape index (κ3) is 9.87. The molecule has 3 heteroatoms. The average Bonchev–Trinajstić information content (AvgIpc) is 3.48. The Morgan fingerprint density at radius 1 is 0.160 bits per heavy atom. The van der Waals surface area contributed by atoms with Crippen molar-refractivity contribution in [2.45, 2.75) is 0 Å². The van der Waals surface area contributed by atoms with E-state index in [2.05, 4.69) is 318 Å². The van der Waals surface area contributed by atoms with Crippen LogP contribution >= 0.6 is 0 Å². The summed E-state index contributed by atoms with van der Waals surface area (Å²) in [6, 6.07) is 115. The molecule has 0 saturated carbocycles. The minimum Gasteiger partial charge on any atom is -0.311 e. The molecule has 0 aliphatic rings. The average molecular weight is 960 g/mol. The van der Waals surface area contributed by atoms with Crippen molar-refractivity contribution in [1.82, 2.24) is 0 Å². The van der Waals surface area contributed by atoms with E-state index in [0.717, 1.165) is 84.6 Å². The molecular formula is C72H53N3. The van der Waals surface area contributed by atoms with Gasteiger partial charge in [0, 0.05) is 50.6 Å². The number of rotatable bonds is 12. The Bertz CT molecular complexity index is 3710. The Morgan fingerprint density at radius 2 is 0.400 bits per heavy atom. The van der Waals surface area contributed by atoms with Crippen molar-refractivity contribution >= 4 is 72.7 Å². The molecule has 0 radical (unpaired) electrons. The maximum absolute atomic E-state index is 2.36. The third-order valence-electron chi connectivity index (χ3n) is 13.8. The van der Waals surface area contributed by atoms with Gasteiger partial charge < -0.3 is 14.7 Å². The zero-order chi connectivity index (χ0) is 50.2. The van der Waals surface area contributed by atoms with Gasteiger partial charge in [-0.1, -0.05) is 206 Å². The van der Waals surface area contributed by atoms with Gasteiger partial charge in [-0.25, -0.2) is 0 Å². The number of hydrogen-bond donors (Lipinski definition) is 0. The summed E-state index contributed by atoms with van der Waals surface area (Å²) in [5.41, 5.74) is 16.7. The van der Waals surface area contributed by atoms with Gasteiger partial charge in [0.2, 0.25) is 0 Å². The van der Waals surface area contributed by atoms with Crippen LogP contribution in [0.25, 0.3) is 54.9 Å². The maximum Gasteiger partial charge on any atom is 0.0540 e. The van der Waals surface area contributed by atoms with Crippen LogP contribution in [0.2, 0.25) is 0 Å². The van der Waals surface area contributed by atoms with Gasteiger partial charge in [0.15, 0.2) is 0 Å². The Labute approximate surface area is 440 Å². The van der Waals surface area contributed by atoms with Crippen molar-refractivity contribution in [2.75, 3.05) is 14.7 Å². The van der Waals surface area contributed by atoms with Gasteiger partial charge in [-0.3, -0.25) is 0 Å². The molecule has 0 N–H and O–H groups in total. The van der Waals surface area contributed by atoms with Crippen LogP contribution in [0.15, 0.2) is 322 Å². The normalized spacial score (nSPS) is 10.9. The van der Waals surface area contributed by atoms with E-state index in [1.807, 2.05) is 18.2 Å². The minimum atomic E-state index is 1.05. The zero-order valence-electron chi connectivity index (χ0n) is 41.4. The summed E-state index contributed by atoms with van der Waals surface area (Å²) in [5, 5.41) is 4.82. The lowest BCUT2D eigenvalue weighted by atomic mass is 9.93.